The summed E-state index contributed by atoms with van der Waals surface area (Å²) in [5, 5.41) is 0. The molecule has 2 rings (SSSR count). The zero-order valence-corrected chi connectivity index (χ0v) is 13.3. The Morgan fingerprint density at radius 2 is 1.76 bits per heavy atom. The van der Waals surface area contributed by atoms with Gasteiger partial charge in [0.15, 0.2) is 0 Å². The highest BCUT2D eigenvalue weighted by Crippen LogP contribution is 2.24. The Morgan fingerprint density at radius 3 is 2.38 bits per heavy atom. The highest BCUT2D eigenvalue weighted by Gasteiger charge is 2.38. The predicted molar refractivity (Wildman–Crippen MR) is 82.4 cm³/mol. The minimum atomic E-state index is -0.202. The number of likely N-dealkylation sites (tertiary alicyclic amines) is 1. The van der Waals surface area contributed by atoms with Gasteiger partial charge in [-0.05, 0) is 45.3 Å². The van der Waals surface area contributed by atoms with Gasteiger partial charge >= 0.3 is 6.03 Å². The summed E-state index contributed by atoms with van der Waals surface area (Å²) in [6.45, 7) is 8.98. The van der Waals surface area contributed by atoms with E-state index in [4.69, 9.17) is 0 Å². The number of amides is 3. The van der Waals surface area contributed by atoms with Gasteiger partial charge in [-0.2, -0.15) is 0 Å². The van der Waals surface area contributed by atoms with E-state index in [0.29, 0.717) is 18.8 Å². The molecule has 2 heterocycles. The number of likely N-dealkylation sites (N-methyl/N-ethyl adjacent to an activating group) is 2. The van der Waals surface area contributed by atoms with Crippen LogP contribution >= 0.6 is 0 Å². The molecule has 3 amide bonds. The highest BCUT2D eigenvalue weighted by atomic mass is 16.2. The lowest BCUT2D eigenvalue weighted by molar-refractivity contribution is -0.122. The van der Waals surface area contributed by atoms with E-state index in [1.165, 1.54) is 17.0 Å². The van der Waals surface area contributed by atoms with Gasteiger partial charge in [-0.3, -0.25) is 14.6 Å². The van der Waals surface area contributed by atoms with Gasteiger partial charge in [0.2, 0.25) is 0 Å². The molecule has 21 heavy (non-hydrogen) atoms. The molecular formula is C16H25N3O2. The van der Waals surface area contributed by atoms with Crippen LogP contribution in [0.15, 0.2) is 23.5 Å². The van der Waals surface area contributed by atoms with E-state index in [2.05, 4.69) is 11.8 Å². The topological polar surface area (TPSA) is 43.9 Å². The van der Waals surface area contributed by atoms with Gasteiger partial charge in [-0.1, -0.05) is 6.92 Å². The van der Waals surface area contributed by atoms with Gasteiger partial charge in [0.05, 0.1) is 0 Å². The van der Waals surface area contributed by atoms with Crippen molar-refractivity contribution in [1.82, 2.24) is 14.7 Å². The third kappa shape index (κ3) is 2.96. The SMILES string of the molecule is CCCN1CCC/C1=C\C=C1/C(=O)N(CC)C(=O)N1CC. The molecule has 0 radical (unpaired) electrons. The molecule has 0 aromatic heterocycles. The van der Waals surface area contributed by atoms with Crippen LogP contribution in [0.25, 0.3) is 0 Å². The summed E-state index contributed by atoms with van der Waals surface area (Å²) >= 11 is 0. The number of hydrogen-bond donors (Lipinski definition) is 0. The lowest BCUT2D eigenvalue weighted by Crippen LogP contribution is -2.32. The molecule has 2 saturated heterocycles. The summed E-state index contributed by atoms with van der Waals surface area (Å²) in [6, 6.07) is -0.202. The van der Waals surface area contributed by atoms with E-state index in [1.807, 2.05) is 26.0 Å². The van der Waals surface area contributed by atoms with Crippen LogP contribution < -0.4 is 0 Å². The normalized spacial score (nSPS) is 23.3. The predicted octanol–water partition coefficient (Wildman–Crippen LogP) is 2.56. The monoisotopic (exact) mass is 291 g/mol. The summed E-state index contributed by atoms with van der Waals surface area (Å²) in [7, 11) is 0. The molecule has 0 bridgehead atoms. The van der Waals surface area contributed by atoms with Gasteiger partial charge in [-0.25, -0.2) is 4.79 Å². The summed E-state index contributed by atoms with van der Waals surface area (Å²) in [5.41, 5.74) is 1.77. The maximum atomic E-state index is 12.3. The van der Waals surface area contributed by atoms with E-state index < -0.39 is 0 Å². The van der Waals surface area contributed by atoms with Crippen molar-refractivity contribution in [2.45, 2.75) is 40.0 Å². The molecule has 5 nitrogen and oxygen atoms in total. The largest absolute Gasteiger partial charge is 0.375 e. The first-order chi connectivity index (χ1) is 10.1. The number of carbonyl (C=O) groups is 2. The van der Waals surface area contributed by atoms with Crippen molar-refractivity contribution in [3.8, 4) is 0 Å². The molecule has 2 fully saturated rings. The number of nitrogens with zero attached hydrogens (tertiary/aromatic N) is 3. The Morgan fingerprint density at radius 1 is 1.05 bits per heavy atom. The molecule has 0 atom stereocenters. The molecule has 0 aromatic carbocycles. The van der Waals surface area contributed by atoms with Crippen LogP contribution in [-0.4, -0.2) is 52.8 Å². The van der Waals surface area contributed by atoms with E-state index >= 15 is 0 Å². The number of urea groups is 1. The van der Waals surface area contributed by atoms with Crippen molar-refractivity contribution >= 4 is 11.9 Å². The Hall–Kier alpha value is -1.78. The maximum absolute atomic E-state index is 12.3. The maximum Gasteiger partial charge on any atom is 0.331 e. The zero-order chi connectivity index (χ0) is 15.4. The molecular weight excluding hydrogens is 266 g/mol. The third-order valence-corrected chi connectivity index (χ3v) is 4.04. The van der Waals surface area contributed by atoms with Crippen LogP contribution in [0.1, 0.15) is 40.0 Å². The van der Waals surface area contributed by atoms with Crippen LogP contribution in [-0.2, 0) is 4.79 Å². The number of allylic oxidation sites excluding steroid dienone is 3. The van der Waals surface area contributed by atoms with Gasteiger partial charge in [0.25, 0.3) is 5.91 Å². The van der Waals surface area contributed by atoms with Crippen LogP contribution in [0.4, 0.5) is 4.79 Å². The summed E-state index contributed by atoms with van der Waals surface area (Å²) in [4.78, 5) is 29.6. The smallest absolute Gasteiger partial charge is 0.331 e. The fourth-order valence-electron chi connectivity index (χ4n) is 2.98. The second-order valence-corrected chi connectivity index (χ2v) is 5.38. The Labute approximate surface area is 126 Å². The second kappa shape index (κ2) is 6.78. The standard InChI is InChI=1S/C16H25N3O2/c1-4-11-17-12-7-8-13(17)9-10-14-15(20)19(6-3)16(21)18(14)5-2/h9-10H,4-8,11-12H2,1-3H3/b13-9+,14-10+. The van der Waals surface area contributed by atoms with Gasteiger partial charge in [0, 0.05) is 31.9 Å². The molecule has 0 spiro atoms. The molecule has 0 unspecified atom stereocenters. The van der Waals surface area contributed by atoms with Crippen molar-refractivity contribution in [3.05, 3.63) is 23.5 Å². The Balaban J connectivity index is 2.23. The quantitative estimate of drug-likeness (QED) is 0.577. The first kappa shape index (κ1) is 15.6. The average molecular weight is 291 g/mol. The molecule has 5 heteroatoms. The van der Waals surface area contributed by atoms with Gasteiger partial charge in [0.1, 0.15) is 5.70 Å². The summed E-state index contributed by atoms with van der Waals surface area (Å²) in [6.07, 6.45) is 7.18. The third-order valence-electron chi connectivity index (χ3n) is 4.04. The number of rotatable bonds is 5. The lowest BCUT2D eigenvalue weighted by atomic mass is 10.2. The van der Waals surface area contributed by atoms with E-state index in [9.17, 15) is 9.59 Å². The van der Waals surface area contributed by atoms with Crippen molar-refractivity contribution in [2.75, 3.05) is 26.2 Å². The molecule has 0 saturated carbocycles. The van der Waals surface area contributed by atoms with Crippen LogP contribution in [0.2, 0.25) is 0 Å². The number of imide groups is 1. The van der Waals surface area contributed by atoms with Crippen LogP contribution in [0.3, 0.4) is 0 Å². The Kier molecular flexibility index (Phi) is 5.04. The molecule has 0 aromatic rings. The lowest BCUT2D eigenvalue weighted by Gasteiger charge is -2.18. The van der Waals surface area contributed by atoms with Crippen molar-refractivity contribution in [1.29, 1.82) is 0 Å². The number of hydrogen-bond acceptors (Lipinski definition) is 3. The number of carbonyl (C=O) groups excluding carboxylic acids is 2. The first-order valence-corrected chi connectivity index (χ1v) is 7.93. The fourth-order valence-corrected chi connectivity index (χ4v) is 2.98. The molecule has 0 N–H and O–H groups in total. The summed E-state index contributed by atoms with van der Waals surface area (Å²) in [5.74, 6) is -0.179. The van der Waals surface area contributed by atoms with E-state index in [-0.39, 0.29) is 11.9 Å². The van der Waals surface area contributed by atoms with Crippen LogP contribution in [0.5, 0.6) is 0 Å². The minimum Gasteiger partial charge on any atom is -0.375 e. The fraction of sp³-hybridized carbons (Fsp3) is 0.625. The van der Waals surface area contributed by atoms with E-state index in [0.717, 1.165) is 25.9 Å². The Bertz CT molecular complexity index is 482. The molecule has 2 aliphatic rings. The zero-order valence-electron chi connectivity index (χ0n) is 13.3. The van der Waals surface area contributed by atoms with Gasteiger partial charge < -0.3 is 4.90 Å². The first-order valence-electron chi connectivity index (χ1n) is 7.93. The van der Waals surface area contributed by atoms with E-state index in [1.54, 1.807) is 4.90 Å². The van der Waals surface area contributed by atoms with Gasteiger partial charge in [-0.15, -0.1) is 0 Å². The molecule has 2 aliphatic heterocycles. The second-order valence-electron chi connectivity index (χ2n) is 5.38. The summed E-state index contributed by atoms with van der Waals surface area (Å²) < 4.78 is 0. The van der Waals surface area contributed by atoms with Crippen LogP contribution in [0, 0.1) is 0 Å². The van der Waals surface area contributed by atoms with Crippen molar-refractivity contribution in [2.24, 2.45) is 0 Å². The minimum absolute atomic E-state index is 0.179. The van der Waals surface area contributed by atoms with Crippen molar-refractivity contribution in [3.63, 3.8) is 0 Å². The molecule has 0 aliphatic carbocycles. The molecule has 116 valence electrons. The average Bonchev–Trinajstić information content (AvgIpc) is 3.00. The van der Waals surface area contributed by atoms with Crippen molar-refractivity contribution < 1.29 is 9.59 Å². The highest BCUT2D eigenvalue weighted by molar-refractivity contribution is 6.11.